The van der Waals surface area contributed by atoms with Crippen molar-refractivity contribution in [2.75, 3.05) is 0 Å². The lowest BCUT2D eigenvalue weighted by Gasteiger charge is -2.07. The molecule has 0 unspecified atom stereocenters. The lowest BCUT2D eigenvalue weighted by molar-refractivity contribution is 0.585. The monoisotopic (exact) mass is 312 g/mol. The first-order chi connectivity index (χ1) is 11.0. The van der Waals surface area contributed by atoms with E-state index in [0.29, 0.717) is 5.56 Å². The molecule has 0 aromatic heterocycles. The Morgan fingerprint density at radius 2 is 1.87 bits per heavy atom. The van der Waals surface area contributed by atoms with Crippen LogP contribution in [0.1, 0.15) is 37.8 Å². The minimum atomic E-state index is -0.560. The first-order valence-electron chi connectivity index (χ1n) is 7.92. The van der Waals surface area contributed by atoms with Crippen molar-refractivity contribution in [3.05, 3.63) is 76.9 Å². The largest absolute Gasteiger partial charge is 0.207 e. The number of aryl methyl sites for hydroxylation is 1. The summed E-state index contributed by atoms with van der Waals surface area (Å²) < 4.78 is 27.0. The molecule has 2 aromatic rings. The van der Waals surface area contributed by atoms with Crippen LogP contribution in [0.2, 0.25) is 0 Å². The summed E-state index contributed by atoms with van der Waals surface area (Å²) >= 11 is 0. The SMILES string of the molecule is CCC/C=C(C)/C=C\c1cc(-c2ccc(F)cc2F)ccc1C. The number of rotatable bonds is 5. The van der Waals surface area contributed by atoms with Crippen LogP contribution in [0, 0.1) is 18.6 Å². The Kier molecular flexibility index (Phi) is 5.86. The molecule has 120 valence electrons. The molecular weight excluding hydrogens is 290 g/mol. The zero-order valence-corrected chi connectivity index (χ0v) is 13.9. The highest BCUT2D eigenvalue weighted by Gasteiger charge is 2.07. The van der Waals surface area contributed by atoms with Gasteiger partial charge in [-0.05, 0) is 55.2 Å². The van der Waals surface area contributed by atoms with Crippen molar-refractivity contribution < 1.29 is 8.78 Å². The van der Waals surface area contributed by atoms with Crippen molar-refractivity contribution in [3.63, 3.8) is 0 Å². The van der Waals surface area contributed by atoms with Gasteiger partial charge in [0.2, 0.25) is 0 Å². The summed E-state index contributed by atoms with van der Waals surface area (Å²) in [7, 11) is 0. The van der Waals surface area contributed by atoms with Crippen LogP contribution in [0.5, 0.6) is 0 Å². The Balaban J connectivity index is 2.34. The third-order valence-electron chi connectivity index (χ3n) is 3.80. The summed E-state index contributed by atoms with van der Waals surface area (Å²) in [4.78, 5) is 0. The maximum absolute atomic E-state index is 14.0. The summed E-state index contributed by atoms with van der Waals surface area (Å²) in [6.45, 7) is 6.25. The van der Waals surface area contributed by atoms with Crippen molar-refractivity contribution >= 4 is 6.08 Å². The maximum atomic E-state index is 14.0. The van der Waals surface area contributed by atoms with E-state index in [0.717, 1.165) is 35.6 Å². The molecule has 0 radical (unpaired) electrons. The van der Waals surface area contributed by atoms with Gasteiger partial charge in [-0.25, -0.2) is 8.78 Å². The molecule has 0 nitrogen and oxygen atoms in total. The summed E-state index contributed by atoms with van der Waals surface area (Å²) in [6, 6.07) is 9.45. The van der Waals surface area contributed by atoms with E-state index in [9.17, 15) is 8.78 Å². The Morgan fingerprint density at radius 3 is 2.57 bits per heavy atom. The number of halogens is 2. The van der Waals surface area contributed by atoms with Crippen molar-refractivity contribution in [3.8, 4) is 11.1 Å². The number of benzene rings is 2. The predicted octanol–water partition coefficient (Wildman–Crippen LogP) is 6.70. The lowest BCUT2D eigenvalue weighted by atomic mass is 9.98. The number of allylic oxidation sites excluding steroid dienone is 3. The average molecular weight is 312 g/mol. The van der Waals surface area contributed by atoms with Crippen LogP contribution >= 0.6 is 0 Å². The predicted molar refractivity (Wildman–Crippen MR) is 94.2 cm³/mol. The van der Waals surface area contributed by atoms with E-state index in [-0.39, 0.29) is 0 Å². The van der Waals surface area contributed by atoms with Gasteiger partial charge in [-0.3, -0.25) is 0 Å². The topological polar surface area (TPSA) is 0 Å². The van der Waals surface area contributed by atoms with Crippen LogP contribution in [-0.2, 0) is 0 Å². The zero-order chi connectivity index (χ0) is 16.8. The Hall–Kier alpha value is -2.22. The van der Waals surface area contributed by atoms with Crippen molar-refractivity contribution in [2.24, 2.45) is 0 Å². The molecule has 2 rings (SSSR count). The Bertz CT molecular complexity index is 740. The molecule has 2 heteroatoms. The zero-order valence-electron chi connectivity index (χ0n) is 13.9. The quantitative estimate of drug-likeness (QED) is 0.539. The van der Waals surface area contributed by atoms with Crippen LogP contribution in [0.25, 0.3) is 17.2 Å². The molecule has 0 heterocycles. The first-order valence-corrected chi connectivity index (χ1v) is 7.92. The van der Waals surface area contributed by atoms with Gasteiger partial charge < -0.3 is 0 Å². The van der Waals surface area contributed by atoms with E-state index in [1.165, 1.54) is 17.7 Å². The maximum Gasteiger partial charge on any atom is 0.133 e. The molecule has 0 spiro atoms. The van der Waals surface area contributed by atoms with Gasteiger partial charge in [0, 0.05) is 11.6 Å². The van der Waals surface area contributed by atoms with E-state index < -0.39 is 11.6 Å². The third kappa shape index (κ3) is 4.62. The van der Waals surface area contributed by atoms with Crippen molar-refractivity contribution in [1.82, 2.24) is 0 Å². The van der Waals surface area contributed by atoms with Crippen molar-refractivity contribution in [1.29, 1.82) is 0 Å². The fourth-order valence-corrected chi connectivity index (χ4v) is 2.37. The van der Waals surface area contributed by atoms with E-state index >= 15 is 0 Å². The number of hydrogen-bond acceptors (Lipinski definition) is 0. The van der Waals surface area contributed by atoms with Gasteiger partial charge in [0.25, 0.3) is 0 Å². The molecule has 23 heavy (non-hydrogen) atoms. The van der Waals surface area contributed by atoms with Gasteiger partial charge in [-0.1, -0.05) is 49.3 Å². The van der Waals surface area contributed by atoms with Crippen LogP contribution in [-0.4, -0.2) is 0 Å². The molecule has 0 bridgehead atoms. The van der Waals surface area contributed by atoms with Gasteiger partial charge >= 0.3 is 0 Å². The molecule has 0 amide bonds. The smallest absolute Gasteiger partial charge is 0.133 e. The highest BCUT2D eigenvalue weighted by atomic mass is 19.1. The van der Waals surface area contributed by atoms with Crippen LogP contribution in [0.3, 0.4) is 0 Å². The normalized spacial score (nSPS) is 12.1. The lowest BCUT2D eigenvalue weighted by Crippen LogP contribution is -1.89. The first kappa shape index (κ1) is 17.1. The molecule has 0 atom stereocenters. The molecule has 0 saturated heterocycles. The minimum Gasteiger partial charge on any atom is -0.207 e. The number of unbranched alkanes of at least 4 members (excludes halogenated alkanes) is 1. The summed E-state index contributed by atoms with van der Waals surface area (Å²) in [5.41, 5.74) is 4.54. The second kappa shape index (κ2) is 7.87. The second-order valence-corrected chi connectivity index (χ2v) is 5.77. The second-order valence-electron chi connectivity index (χ2n) is 5.77. The average Bonchev–Trinajstić information content (AvgIpc) is 2.52. The molecule has 0 N–H and O–H groups in total. The molecule has 0 aliphatic rings. The highest BCUT2D eigenvalue weighted by Crippen LogP contribution is 2.26. The fourth-order valence-electron chi connectivity index (χ4n) is 2.37. The summed E-state index contributed by atoms with van der Waals surface area (Å²) in [5, 5.41) is 0. The van der Waals surface area contributed by atoms with Gasteiger partial charge in [0.05, 0.1) is 0 Å². The molecule has 2 aromatic carbocycles. The Labute approximate surface area is 137 Å². The summed E-state index contributed by atoms with van der Waals surface area (Å²) in [5.74, 6) is -1.10. The minimum absolute atomic E-state index is 0.416. The molecule has 0 fully saturated rings. The van der Waals surface area contributed by atoms with E-state index in [2.05, 4.69) is 26.0 Å². The molecule has 0 aliphatic heterocycles. The van der Waals surface area contributed by atoms with Gasteiger partial charge in [0.1, 0.15) is 11.6 Å². The molecule has 0 saturated carbocycles. The highest BCUT2D eigenvalue weighted by molar-refractivity contribution is 5.70. The molecule has 0 aliphatic carbocycles. The fraction of sp³-hybridized carbons (Fsp3) is 0.238. The standard InChI is InChI=1S/C21H22F2/c1-4-5-6-15(2)7-9-17-13-18(10-8-16(17)3)20-12-11-19(22)14-21(20)23/h6-14H,4-5H2,1-3H3/b9-7-,15-6+. The van der Waals surface area contributed by atoms with Gasteiger partial charge in [-0.15, -0.1) is 0 Å². The van der Waals surface area contributed by atoms with Crippen LogP contribution < -0.4 is 0 Å². The van der Waals surface area contributed by atoms with E-state index in [1.54, 1.807) is 0 Å². The Morgan fingerprint density at radius 1 is 1.09 bits per heavy atom. The van der Waals surface area contributed by atoms with Crippen molar-refractivity contribution in [2.45, 2.75) is 33.6 Å². The van der Waals surface area contributed by atoms with Crippen LogP contribution in [0.4, 0.5) is 8.78 Å². The number of hydrogen-bond donors (Lipinski definition) is 0. The third-order valence-corrected chi connectivity index (χ3v) is 3.80. The van der Waals surface area contributed by atoms with Gasteiger partial charge in [0.15, 0.2) is 0 Å². The molecular formula is C21H22F2. The summed E-state index contributed by atoms with van der Waals surface area (Å²) in [6.07, 6.45) is 8.51. The van der Waals surface area contributed by atoms with E-state index in [4.69, 9.17) is 0 Å². The van der Waals surface area contributed by atoms with Crippen LogP contribution in [0.15, 0.2) is 54.1 Å². The van der Waals surface area contributed by atoms with Gasteiger partial charge in [-0.2, -0.15) is 0 Å². The van der Waals surface area contributed by atoms with E-state index in [1.807, 2.05) is 31.2 Å².